The summed E-state index contributed by atoms with van der Waals surface area (Å²) in [6, 6.07) is 5.63. The average molecular weight is 179 g/mol. The molecule has 3 heteroatoms. The van der Waals surface area contributed by atoms with Crippen LogP contribution >= 0.6 is 0 Å². The van der Waals surface area contributed by atoms with E-state index in [2.05, 4.69) is 5.16 Å². The summed E-state index contributed by atoms with van der Waals surface area (Å²) in [5.41, 5.74) is 2.58. The van der Waals surface area contributed by atoms with Crippen LogP contribution in [0.4, 0.5) is 0 Å². The van der Waals surface area contributed by atoms with E-state index in [4.69, 9.17) is 9.94 Å². The Morgan fingerprint density at radius 2 is 2.15 bits per heavy atom. The van der Waals surface area contributed by atoms with E-state index in [1.165, 1.54) is 0 Å². The summed E-state index contributed by atoms with van der Waals surface area (Å²) in [6.45, 7) is 3.71. The topological polar surface area (TPSA) is 41.8 Å². The molecule has 0 atom stereocenters. The summed E-state index contributed by atoms with van der Waals surface area (Å²) in [7, 11) is 1.63. The Morgan fingerprint density at radius 3 is 2.62 bits per heavy atom. The molecule has 0 amide bonds. The van der Waals surface area contributed by atoms with E-state index in [-0.39, 0.29) is 0 Å². The Hall–Kier alpha value is -1.51. The normalized spacial score (nSPS) is 11.5. The third-order valence-electron chi connectivity index (χ3n) is 1.97. The lowest BCUT2D eigenvalue weighted by Crippen LogP contribution is -1.98. The standard InChI is InChI=1S/C10H13NO2/c1-7-6-9(13-3)4-5-10(7)8(2)11-12/h4-6,12H,1-3H3. The van der Waals surface area contributed by atoms with Gasteiger partial charge in [-0.25, -0.2) is 0 Å². The van der Waals surface area contributed by atoms with E-state index in [1.54, 1.807) is 14.0 Å². The number of hydrogen-bond donors (Lipinski definition) is 1. The second-order valence-corrected chi connectivity index (χ2v) is 2.87. The summed E-state index contributed by atoms with van der Waals surface area (Å²) >= 11 is 0. The third-order valence-corrected chi connectivity index (χ3v) is 1.97. The van der Waals surface area contributed by atoms with Crippen molar-refractivity contribution in [3.8, 4) is 5.75 Å². The van der Waals surface area contributed by atoms with Gasteiger partial charge in [-0.3, -0.25) is 0 Å². The molecule has 0 aromatic heterocycles. The molecule has 1 aromatic rings. The van der Waals surface area contributed by atoms with Gasteiger partial charge in [-0.05, 0) is 37.6 Å². The van der Waals surface area contributed by atoms with Gasteiger partial charge in [0.2, 0.25) is 0 Å². The van der Waals surface area contributed by atoms with Crippen LogP contribution in [0.2, 0.25) is 0 Å². The van der Waals surface area contributed by atoms with Crippen LogP contribution in [0.5, 0.6) is 5.75 Å². The molecule has 0 heterocycles. The second-order valence-electron chi connectivity index (χ2n) is 2.87. The minimum absolute atomic E-state index is 0.611. The maximum absolute atomic E-state index is 8.60. The number of methoxy groups -OCH3 is 1. The van der Waals surface area contributed by atoms with Gasteiger partial charge < -0.3 is 9.94 Å². The van der Waals surface area contributed by atoms with Crippen molar-refractivity contribution in [1.29, 1.82) is 0 Å². The van der Waals surface area contributed by atoms with Crippen molar-refractivity contribution in [2.75, 3.05) is 7.11 Å². The first-order chi connectivity index (χ1) is 6.19. The van der Waals surface area contributed by atoms with Crippen molar-refractivity contribution in [2.24, 2.45) is 5.16 Å². The van der Waals surface area contributed by atoms with Crippen LogP contribution in [0.1, 0.15) is 18.1 Å². The van der Waals surface area contributed by atoms with E-state index in [0.29, 0.717) is 5.71 Å². The molecule has 0 aliphatic rings. The van der Waals surface area contributed by atoms with Crippen LogP contribution in [-0.4, -0.2) is 18.0 Å². The molecule has 0 unspecified atom stereocenters. The number of oxime groups is 1. The molecule has 3 nitrogen and oxygen atoms in total. The molecule has 1 aromatic carbocycles. The van der Waals surface area contributed by atoms with Crippen molar-refractivity contribution in [1.82, 2.24) is 0 Å². The van der Waals surface area contributed by atoms with Crippen molar-refractivity contribution < 1.29 is 9.94 Å². The van der Waals surface area contributed by atoms with E-state index >= 15 is 0 Å². The lowest BCUT2D eigenvalue weighted by atomic mass is 10.1. The maximum Gasteiger partial charge on any atom is 0.119 e. The summed E-state index contributed by atoms with van der Waals surface area (Å²) in [5, 5.41) is 11.7. The maximum atomic E-state index is 8.60. The van der Waals surface area contributed by atoms with Crippen molar-refractivity contribution >= 4 is 5.71 Å². The number of benzene rings is 1. The average Bonchev–Trinajstić information content (AvgIpc) is 2.16. The van der Waals surface area contributed by atoms with Gasteiger partial charge in [-0.15, -0.1) is 0 Å². The van der Waals surface area contributed by atoms with Crippen LogP contribution in [0.3, 0.4) is 0 Å². The van der Waals surface area contributed by atoms with Gasteiger partial charge in [-0.2, -0.15) is 0 Å². The second kappa shape index (κ2) is 3.94. The summed E-state index contributed by atoms with van der Waals surface area (Å²) in [5.74, 6) is 0.812. The molecule has 1 rings (SSSR count). The zero-order valence-corrected chi connectivity index (χ0v) is 8.03. The Labute approximate surface area is 77.6 Å². The van der Waals surface area contributed by atoms with Crippen LogP contribution in [0, 0.1) is 6.92 Å². The fourth-order valence-corrected chi connectivity index (χ4v) is 1.22. The van der Waals surface area contributed by atoms with Crippen molar-refractivity contribution in [3.05, 3.63) is 29.3 Å². The van der Waals surface area contributed by atoms with Gasteiger partial charge >= 0.3 is 0 Å². The first-order valence-electron chi connectivity index (χ1n) is 4.02. The van der Waals surface area contributed by atoms with Crippen molar-refractivity contribution in [2.45, 2.75) is 13.8 Å². The smallest absolute Gasteiger partial charge is 0.119 e. The molecule has 0 bridgehead atoms. The first kappa shape index (κ1) is 9.58. The molecular formula is C10H13NO2. The Morgan fingerprint density at radius 1 is 1.46 bits per heavy atom. The van der Waals surface area contributed by atoms with Gasteiger partial charge in [-0.1, -0.05) is 5.16 Å². The van der Waals surface area contributed by atoms with E-state index in [9.17, 15) is 0 Å². The Kier molecular flexibility index (Phi) is 2.90. The predicted octanol–water partition coefficient (Wildman–Crippen LogP) is 2.20. The quantitative estimate of drug-likeness (QED) is 0.429. The first-order valence-corrected chi connectivity index (χ1v) is 4.02. The number of nitrogens with zero attached hydrogens (tertiary/aromatic N) is 1. The highest BCUT2D eigenvalue weighted by molar-refractivity contribution is 5.99. The van der Waals surface area contributed by atoms with Gasteiger partial charge in [0, 0.05) is 5.56 Å². The molecule has 1 N–H and O–H groups in total. The number of rotatable bonds is 2. The third kappa shape index (κ3) is 1.99. The Balaban J connectivity index is 3.12. The predicted molar refractivity (Wildman–Crippen MR) is 51.7 cm³/mol. The fraction of sp³-hybridized carbons (Fsp3) is 0.300. The van der Waals surface area contributed by atoms with E-state index in [0.717, 1.165) is 16.9 Å². The number of aryl methyl sites for hydroxylation is 1. The highest BCUT2D eigenvalue weighted by Crippen LogP contribution is 2.17. The Bertz CT molecular complexity index is 332. The zero-order valence-electron chi connectivity index (χ0n) is 8.03. The highest BCUT2D eigenvalue weighted by Gasteiger charge is 2.03. The molecular weight excluding hydrogens is 166 g/mol. The molecule has 13 heavy (non-hydrogen) atoms. The van der Waals surface area contributed by atoms with Gasteiger partial charge in [0.1, 0.15) is 5.75 Å². The molecule has 0 radical (unpaired) electrons. The number of ether oxygens (including phenoxy) is 1. The molecule has 70 valence electrons. The molecule has 0 aliphatic heterocycles. The fourth-order valence-electron chi connectivity index (χ4n) is 1.22. The molecule has 0 saturated carbocycles. The molecule has 0 saturated heterocycles. The van der Waals surface area contributed by atoms with Crippen LogP contribution < -0.4 is 4.74 Å². The van der Waals surface area contributed by atoms with Crippen LogP contribution in [-0.2, 0) is 0 Å². The van der Waals surface area contributed by atoms with Gasteiger partial charge in [0.15, 0.2) is 0 Å². The van der Waals surface area contributed by atoms with Gasteiger partial charge in [0.05, 0.1) is 12.8 Å². The molecule has 0 fully saturated rings. The number of hydrogen-bond acceptors (Lipinski definition) is 3. The monoisotopic (exact) mass is 179 g/mol. The summed E-state index contributed by atoms with van der Waals surface area (Å²) in [4.78, 5) is 0. The SMILES string of the molecule is COc1ccc(C(C)=NO)c(C)c1. The zero-order chi connectivity index (χ0) is 9.84. The van der Waals surface area contributed by atoms with Gasteiger partial charge in [0.25, 0.3) is 0 Å². The summed E-state index contributed by atoms with van der Waals surface area (Å²) < 4.78 is 5.06. The lowest BCUT2D eigenvalue weighted by molar-refractivity contribution is 0.319. The van der Waals surface area contributed by atoms with Crippen molar-refractivity contribution in [3.63, 3.8) is 0 Å². The van der Waals surface area contributed by atoms with E-state index in [1.807, 2.05) is 25.1 Å². The van der Waals surface area contributed by atoms with Crippen LogP contribution in [0.25, 0.3) is 0 Å². The minimum atomic E-state index is 0.611. The largest absolute Gasteiger partial charge is 0.497 e. The summed E-state index contributed by atoms with van der Waals surface area (Å²) in [6.07, 6.45) is 0. The van der Waals surface area contributed by atoms with Crippen LogP contribution in [0.15, 0.2) is 23.4 Å². The molecule has 0 spiro atoms. The minimum Gasteiger partial charge on any atom is -0.497 e. The highest BCUT2D eigenvalue weighted by atomic mass is 16.5. The van der Waals surface area contributed by atoms with E-state index < -0.39 is 0 Å². The lowest BCUT2D eigenvalue weighted by Gasteiger charge is -2.06. The molecule has 0 aliphatic carbocycles.